The molecule has 1 fully saturated rings. The summed E-state index contributed by atoms with van der Waals surface area (Å²) in [5, 5.41) is 8.68. The molecule has 1 atom stereocenters. The predicted molar refractivity (Wildman–Crippen MR) is 113 cm³/mol. The zero-order valence-corrected chi connectivity index (χ0v) is 16.5. The van der Waals surface area contributed by atoms with Gasteiger partial charge in [-0.05, 0) is 43.2 Å². The minimum atomic E-state index is 0.0667. The van der Waals surface area contributed by atoms with Crippen molar-refractivity contribution in [3.8, 4) is 11.4 Å². The molecule has 7 heteroatoms. The summed E-state index contributed by atoms with van der Waals surface area (Å²) in [5.41, 5.74) is 6.27. The lowest BCUT2D eigenvalue weighted by Crippen LogP contribution is -2.25. The maximum Gasteiger partial charge on any atom is 0.130 e. The minimum absolute atomic E-state index is 0.0667. The first-order chi connectivity index (χ1) is 14.1. The van der Waals surface area contributed by atoms with E-state index in [1.54, 1.807) is 24.3 Å². The molecule has 3 heterocycles. The molecular weight excluding hydrogens is 364 g/mol. The van der Waals surface area contributed by atoms with E-state index in [-0.39, 0.29) is 6.04 Å². The van der Waals surface area contributed by atoms with E-state index in [1.807, 2.05) is 18.2 Å². The van der Waals surface area contributed by atoms with Gasteiger partial charge in [0.25, 0.3) is 0 Å². The van der Waals surface area contributed by atoms with Crippen LogP contribution in [-0.4, -0.2) is 38.6 Å². The van der Waals surface area contributed by atoms with Gasteiger partial charge in [-0.15, -0.1) is 4.80 Å². The molecule has 1 saturated heterocycles. The fourth-order valence-corrected chi connectivity index (χ4v) is 3.96. The molecule has 2 aromatic carbocycles. The maximum absolute atomic E-state index is 5.35. The summed E-state index contributed by atoms with van der Waals surface area (Å²) in [4.78, 5) is 12.4. The molecule has 1 aliphatic rings. The average molecular weight is 386 g/mol. The van der Waals surface area contributed by atoms with Gasteiger partial charge >= 0.3 is 0 Å². The van der Waals surface area contributed by atoms with Crippen LogP contribution in [0.2, 0.25) is 0 Å². The molecule has 4 aromatic rings. The lowest BCUT2D eigenvalue weighted by atomic mass is 10.1. The largest absolute Gasteiger partial charge is 0.497 e. The van der Waals surface area contributed by atoms with Crippen molar-refractivity contribution in [2.45, 2.75) is 19.4 Å². The van der Waals surface area contributed by atoms with Gasteiger partial charge in [0.05, 0.1) is 42.3 Å². The molecule has 0 spiro atoms. The van der Waals surface area contributed by atoms with Crippen molar-refractivity contribution in [3.05, 3.63) is 72.3 Å². The first-order valence-electron chi connectivity index (χ1n) is 9.56. The molecule has 29 heavy (non-hydrogen) atoms. The van der Waals surface area contributed by atoms with Crippen LogP contribution >= 0.6 is 0 Å². The normalized spacial score (nSPS) is 16.7. The fourth-order valence-electron chi connectivity index (χ4n) is 3.96. The average Bonchev–Trinajstić information content (AvgIpc) is 3.46. The first-order valence-corrected chi connectivity index (χ1v) is 9.56. The molecular formula is C22H22N6O. The first kappa shape index (κ1) is 17.5. The van der Waals surface area contributed by atoms with Crippen LogP contribution in [0.1, 0.15) is 23.9 Å². The number of benzene rings is 2. The number of methoxy groups -OCH3 is 1. The van der Waals surface area contributed by atoms with Crippen molar-refractivity contribution in [3.63, 3.8) is 0 Å². The maximum atomic E-state index is 5.35. The molecule has 1 aliphatic heterocycles. The molecule has 0 saturated carbocycles. The Kier molecular flexibility index (Phi) is 4.08. The van der Waals surface area contributed by atoms with Gasteiger partial charge in [-0.1, -0.05) is 18.2 Å². The van der Waals surface area contributed by atoms with Crippen LogP contribution in [0.4, 0.5) is 5.69 Å². The van der Waals surface area contributed by atoms with E-state index in [1.165, 1.54) is 11.1 Å². The molecule has 1 N–H and O–H groups in total. The van der Waals surface area contributed by atoms with E-state index in [0.717, 1.165) is 46.9 Å². The summed E-state index contributed by atoms with van der Waals surface area (Å²) in [7, 11) is 1.67. The highest BCUT2D eigenvalue weighted by atomic mass is 16.5. The van der Waals surface area contributed by atoms with Gasteiger partial charge < -0.3 is 14.6 Å². The molecule has 2 aromatic heterocycles. The van der Waals surface area contributed by atoms with Crippen LogP contribution in [0, 0.1) is 6.92 Å². The third-order valence-electron chi connectivity index (χ3n) is 5.35. The number of fused-ring (bicyclic) bond motifs is 1. The smallest absolute Gasteiger partial charge is 0.130 e. The molecule has 0 bridgehead atoms. The lowest BCUT2D eigenvalue weighted by molar-refractivity contribution is 0.415. The SMILES string of the molecule is C=C1C[C@@H](c2nc3ccc(OC)cc3[nH]2)N(c2cc(C)ccc2-n2nccn2)C1. The second-order valence-electron chi connectivity index (χ2n) is 7.41. The van der Waals surface area contributed by atoms with E-state index in [2.05, 4.69) is 51.8 Å². The van der Waals surface area contributed by atoms with Gasteiger partial charge in [0.2, 0.25) is 0 Å². The molecule has 0 unspecified atom stereocenters. The molecule has 5 rings (SSSR count). The Hall–Kier alpha value is -3.61. The van der Waals surface area contributed by atoms with Gasteiger partial charge in [-0.3, -0.25) is 0 Å². The van der Waals surface area contributed by atoms with E-state index in [0.29, 0.717) is 0 Å². The zero-order valence-electron chi connectivity index (χ0n) is 16.5. The lowest BCUT2D eigenvalue weighted by Gasteiger charge is -2.27. The number of aryl methyl sites for hydroxylation is 1. The number of ether oxygens (including phenoxy) is 1. The van der Waals surface area contributed by atoms with E-state index >= 15 is 0 Å². The Bertz CT molecular complexity index is 1190. The van der Waals surface area contributed by atoms with Crippen molar-refractivity contribution in [1.29, 1.82) is 0 Å². The number of imidazole rings is 1. The number of aromatic nitrogens is 5. The van der Waals surface area contributed by atoms with E-state index < -0.39 is 0 Å². The third-order valence-corrected chi connectivity index (χ3v) is 5.35. The van der Waals surface area contributed by atoms with Crippen LogP contribution in [0.15, 0.2) is 60.9 Å². The summed E-state index contributed by atoms with van der Waals surface area (Å²) in [6.07, 6.45) is 4.23. The molecule has 0 aliphatic carbocycles. The van der Waals surface area contributed by atoms with Crippen molar-refractivity contribution in [2.24, 2.45) is 0 Å². The summed E-state index contributed by atoms with van der Waals surface area (Å²) in [6.45, 7) is 7.12. The van der Waals surface area contributed by atoms with Crippen molar-refractivity contribution < 1.29 is 4.74 Å². The number of rotatable bonds is 4. The van der Waals surface area contributed by atoms with Gasteiger partial charge in [-0.2, -0.15) is 10.2 Å². The zero-order chi connectivity index (χ0) is 20.0. The Balaban J connectivity index is 1.60. The van der Waals surface area contributed by atoms with Crippen molar-refractivity contribution in [1.82, 2.24) is 25.0 Å². The van der Waals surface area contributed by atoms with E-state index in [4.69, 9.17) is 9.72 Å². The monoisotopic (exact) mass is 386 g/mol. The Morgan fingerprint density at radius 3 is 2.72 bits per heavy atom. The van der Waals surface area contributed by atoms with Gasteiger partial charge in [0.1, 0.15) is 17.3 Å². The number of anilines is 1. The molecule has 0 radical (unpaired) electrons. The second-order valence-corrected chi connectivity index (χ2v) is 7.41. The Labute approximate surface area is 168 Å². The van der Waals surface area contributed by atoms with Crippen LogP contribution in [0.3, 0.4) is 0 Å². The number of hydrogen-bond acceptors (Lipinski definition) is 5. The second kappa shape index (κ2) is 6.77. The summed E-state index contributed by atoms with van der Waals surface area (Å²) in [5.74, 6) is 1.74. The highest BCUT2D eigenvalue weighted by Crippen LogP contribution is 2.40. The topological polar surface area (TPSA) is 71.9 Å². The molecule has 7 nitrogen and oxygen atoms in total. The minimum Gasteiger partial charge on any atom is -0.497 e. The van der Waals surface area contributed by atoms with Crippen LogP contribution in [-0.2, 0) is 0 Å². The standard InChI is InChI=1S/C22H22N6O/c1-14-4-7-19(28-23-8-9-24-28)20(10-14)27-13-15(2)11-21(27)22-25-17-6-5-16(29-3)12-18(17)26-22/h4-10,12,21H,2,11,13H2,1,3H3,(H,25,26)/t21-/m0/s1. The number of aromatic amines is 1. The number of hydrogen-bond donors (Lipinski definition) is 1. The molecule has 0 amide bonds. The molecule has 146 valence electrons. The van der Waals surface area contributed by atoms with Gasteiger partial charge in [0.15, 0.2) is 0 Å². The number of nitrogens with one attached hydrogen (secondary N) is 1. The van der Waals surface area contributed by atoms with Crippen LogP contribution < -0.4 is 9.64 Å². The number of H-pyrrole nitrogens is 1. The summed E-state index contributed by atoms with van der Waals surface area (Å²) < 4.78 is 5.35. The predicted octanol–water partition coefficient (Wildman–Crippen LogP) is 3.97. The third kappa shape index (κ3) is 3.04. The van der Waals surface area contributed by atoms with Crippen LogP contribution in [0.5, 0.6) is 5.75 Å². The van der Waals surface area contributed by atoms with Gasteiger partial charge in [0, 0.05) is 12.6 Å². The highest BCUT2D eigenvalue weighted by molar-refractivity contribution is 5.77. The Morgan fingerprint density at radius 2 is 1.93 bits per heavy atom. The van der Waals surface area contributed by atoms with Crippen molar-refractivity contribution >= 4 is 16.7 Å². The summed E-state index contributed by atoms with van der Waals surface area (Å²) >= 11 is 0. The van der Waals surface area contributed by atoms with Crippen LogP contribution in [0.25, 0.3) is 16.7 Å². The van der Waals surface area contributed by atoms with Gasteiger partial charge in [-0.25, -0.2) is 4.98 Å². The summed E-state index contributed by atoms with van der Waals surface area (Å²) in [6, 6.07) is 12.3. The fraction of sp³-hybridized carbons (Fsp3) is 0.227. The Morgan fingerprint density at radius 1 is 1.10 bits per heavy atom. The highest BCUT2D eigenvalue weighted by Gasteiger charge is 2.33. The quantitative estimate of drug-likeness (QED) is 0.538. The van der Waals surface area contributed by atoms with Crippen molar-refractivity contribution in [2.75, 3.05) is 18.6 Å². The number of nitrogens with zero attached hydrogens (tertiary/aromatic N) is 5. The van der Waals surface area contributed by atoms with E-state index in [9.17, 15) is 0 Å².